The lowest BCUT2D eigenvalue weighted by atomic mass is 10.1. The number of nitrogens with one attached hydrogen (secondary N) is 1. The molecule has 1 N–H and O–H groups in total. The summed E-state index contributed by atoms with van der Waals surface area (Å²) < 4.78 is 14.3. The fourth-order valence-corrected chi connectivity index (χ4v) is 2.29. The summed E-state index contributed by atoms with van der Waals surface area (Å²) in [6.07, 6.45) is 3.11. The average molecular weight is 382 g/mol. The molecule has 10 nitrogen and oxygen atoms in total. The number of benzene rings is 1. The molecule has 0 unspecified atom stereocenters. The van der Waals surface area contributed by atoms with Crippen molar-refractivity contribution in [3.05, 3.63) is 59.7 Å². The minimum absolute atomic E-state index is 0.0590. The molecule has 0 radical (unpaired) electrons. The van der Waals surface area contributed by atoms with Gasteiger partial charge in [-0.2, -0.15) is 4.98 Å². The molecule has 142 valence electrons. The summed E-state index contributed by atoms with van der Waals surface area (Å²) in [4.78, 5) is 43.9. The number of pyridine rings is 1. The van der Waals surface area contributed by atoms with Gasteiger partial charge >= 0.3 is 23.7 Å². The Kier molecular flexibility index (Phi) is 5.40. The highest BCUT2D eigenvalue weighted by molar-refractivity contribution is 6.03. The number of amides is 1. The van der Waals surface area contributed by atoms with E-state index in [0.717, 1.165) is 0 Å². The van der Waals surface area contributed by atoms with Crippen molar-refractivity contribution in [1.29, 1.82) is 0 Å². The number of ether oxygens (including phenoxy) is 2. The number of esters is 2. The van der Waals surface area contributed by atoms with Crippen LogP contribution in [0, 0.1) is 0 Å². The Bertz CT molecular complexity index is 997. The molecule has 0 aliphatic rings. The van der Waals surface area contributed by atoms with E-state index in [-0.39, 0.29) is 28.5 Å². The fraction of sp³-hybridized carbons (Fsp3) is 0.111. The third-order valence-corrected chi connectivity index (χ3v) is 3.59. The van der Waals surface area contributed by atoms with Gasteiger partial charge in [-0.25, -0.2) is 9.59 Å². The van der Waals surface area contributed by atoms with Crippen LogP contribution in [0.15, 0.2) is 47.2 Å². The van der Waals surface area contributed by atoms with Gasteiger partial charge in [0.25, 0.3) is 0 Å². The smallest absolute Gasteiger partial charge is 0.337 e. The van der Waals surface area contributed by atoms with E-state index in [1.807, 2.05) is 0 Å². The SMILES string of the molecule is COC(=O)c1cc(NC(=O)c2nc(-c3ccncc3)no2)cc(C(=O)OC)c1. The maximum absolute atomic E-state index is 12.4. The number of hydrogen-bond acceptors (Lipinski definition) is 9. The maximum Gasteiger partial charge on any atom is 0.337 e. The minimum Gasteiger partial charge on any atom is -0.465 e. The van der Waals surface area contributed by atoms with Crippen molar-refractivity contribution in [1.82, 2.24) is 15.1 Å². The van der Waals surface area contributed by atoms with Crippen molar-refractivity contribution >= 4 is 23.5 Å². The van der Waals surface area contributed by atoms with Crippen LogP contribution in [0.1, 0.15) is 31.4 Å². The number of hydrogen-bond donors (Lipinski definition) is 1. The molecule has 0 aliphatic heterocycles. The number of carbonyl (C=O) groups excluding carboxylic acids is 3. The molecule has 0 saturated carbocycles. The lowest BCUT2D eigenvalue weighted by molar-refractivity contribution is 0.0599. The summed E-state index contributed by atoms with van der Waals surface area (Å²) >= 11 is 0. The highest BCUT2D eigenvalue weighted by Gasteiger charge is 2.19. The Morgan fingerprint density at radius 3 is 2.14 bits per heavy atom. The molecule has 10 heteroatoms. The highest BCUT2D eigenvalue weighted by atomic mass is 16.5. The molecule has 0 saturated heterocycles. The second-order valence-corrected chi connectivity index (χ2v) is 5.40. The molecule has 0 fully saturated rings. The Morgan fingerprint density at radius 1 is 0.964 bits per heavy atom. The van der Waals surface area contributed by atoms with Crippen molar-refractivity contribution in [2.24, 2.45) is 0 Å². The molecule has 2 aromatic heterocycles. The first-order chi connectivity index (χ1) is 13.5. The summed E-state index contributed by atoms with van der Waals surface area (Å²) in [5, 5.41) is 6.24. The van der Waals surface area contributed by atoms with Gasteiger partial charge in [-0.05, 0) is 30.3 Å². The van der Waals surface area contributed by atoms with E-state index in [2.05, 4.69) is 29.9 Å². The zero-order valence-corrected chi connectivity index (χ0v) is 14.8. The van der Waals surface area contributed by atoms with Crippen molar-refractivity contribution in [3.63, 3.8) is 0 Å². The minimum atomic E-state index is -0.717. The lowest BCUT2D eigenvalue weighted by Gasteiger charge is -2.08. The second-order valence-electron chi connectivity index (χ2n) is 5.40. The number of aromatic nitrogens is 3. The lowest BCUT2D eigenvalue weighted by Crippen LogP contribution is -2.14. The molecular weight excluding hydrogens is 368 g/mol. The third kappa shape index (κ3) is 4.01. The number of anilines is 1. The summed E-state index contributed by atoms with van der Waals surface area (Å²) in [5.74, 6) is -2.16. The number of nitrogens with zero attached hydrogens (tertiary/aromatic N) is 3. The first-order valence-corrected chi connectivity index (χ1v) is 7.89. The molecule has 28 heavy (non-hydrogen) atoms. The summed E-state index contributed by atoms with van der Waals surface area (Å²) in [6, 6.07) is 7.30. The van der Waals surface area contributed by atoms with Crippen LogP contribution in [0.3, 0.4) is 0 Å². The summed E-state index contributed by atoms with van der Waals surface area (Å²) in [6.45, 7) is 0. The van der Waals surface area contributed by atoms with Gasteiger partial charge in [0.2, 0.25) is 5.82 Å². The number of methoxy groups -OCH3 is 2. The second kappa shape index (κ2) is 8.08. The van der Waals surface area contributed by atoms with Gasteiger partial charge < -0.3 is 19.3 Å². The Labute approximate surface area is 158 Å². The van der Waals surface area contributed by atoms with Crippen LogP contribution in [0.25, 0.3) is 11.4 Å². The zero-order chi connectivity index (χ0) is 20.1. The van der Waals surface area contributed by atoms with Crippen molar-refractivity contribution in [3.8, 4) is 11.4 Å². The largest absolute Gasteiger partial charge is 0.465 e. The van der Waals surface area contributed by atoms with E-state index in [1.165, 1.54) is 32.4 Å². The average Bonchev–Trinajstić information content (AvgIpc) is 3.23. The standard InChI is InChI=1S/C18H14N4O6/c1-26-17(24)11-7-12(18(25)27-2)9-13(8-11)20-15(23)16-21-14(22-28-16)10-3-5-19-6-4-10/h3-9H,1-2H3,(H,20,23). The maximum atomic E-state index is 12.4. The molecule has 3 rings (SSSR count). The van der Waals surface area contributed by atoms with E-state index in [1.54, 1.807) is 24.5 Å². The third-order valence-electron chi connectivity index (χ3n) is 3.59. The van der Waals surface area contributed by atoms with Gasteiger partial charge in [0.1, 0.15) is 0 Å². The molecular formula is C18H14N4O6. The number of carbonyl (C=O) groups is 3. The van der Waals surface area contributed by atoms with E-state index >= 15 is 0 Å². The predicted molar refractivity (Wildman–Crippen MR) is 94.6 cm³/mol. The molecule has 0 aliphatic carbocycles. The van der Waals surface area contributed by atoms with Gasteiger partial charge in [-0.15, -0.1) is 0 Å². The fourth-order valence-electron chi connectivity index (χ4n) is 2.29. The van der Waals surface area contributed by atoms with Crippen LogP contribution in [0.4, 0.5) is 5.69 Å². The van der Waals surface area contributed by atoms with E-state index in [4.69, 9.17) is 4.52 Å². The van der Waals surface area contributed by atoms with Crippen LogP contribution >= 0.6 is 0 Å². The predicted octanol–water partition coefficient (Wildman–Crippen LogP) is 1.96. The van der Waals surface area contributed by atoms with Crippen molar-refractivity contribution < 1.29 is 28.4 Å². The quantitative estimate of drug-likeness (QED) is 0.657. The van der Waals surface area contributed by atoms with Crippen LogP contribution in [0.2, 0.25) is 0 Å². The van der Waals surface area contributed by atoms with Crippen molar-refractivity contribution in [2.75, 3.05) is 19.5 Å². The topological polar surface area (TPSA) is 134 Å². The van der Waals surface area contributed by atoms with Gasteiger partial charge in [0.05, 0.1) is 25.3 Å². The van der Waals surface area contributed by atoms with Crippen LogP contribution in [-0.4, -0.2) is 47.2 Å². The Morgan fingerprint density at radius 2 is 1.57 bits per heavy atom. The van der Waals surface area contributed by atoms with Gasteiger partial charge in [0.15, 0.2) is 0 Å². The highest BCUT2D eigenvalue weighted by Crippen LogP contribution is 2.19. The zero-order valence-electron chi connectivity index (χ0n) is 14.8. The van der Waals surface area contributed by atoms with Gasteiger partial charge in [-0.1, -0.05) is 5.16 Å². The molecule has 0 atom stereocenters. The monoisotopic (exact) mass is 382 g/mol. The molecule has 0 spiro atoms. The Hall–Kier alpha value is -4.08. The molecule has 2 heterocycles. The van der Waals surface area contributed by atoms with E-state index in [9.17, 15) is 14.4 Å². The molecule has 3 aromatic rings. The first-order valence-electron chi connectivity index (χ1n) is 7.89. The molecule has 1 aromatic carbocycles. The van der Waals surface area contributed by atoms with Crippen LogP contribution < -0.4 is 5.32 Å². The number of rotatable bonds is 5. The van der Waals surface area contributed by atoms with Gasteiger partial charge in [0, 0.05) is 23.6 Å². The summed E-state index contributed by atoms with van der Waals surface area (Å²) in [7, 11) is 2.40. The molecule has 0 bridgehead atoms. The normalized spacial score (nSPS) is 10.2. The van der Waals surface area contributed by atoms with Crippen LogP contribution in [-0.2, 0) is 9.47 Å². The van der Waals surface area contributed by atoms with E-state index < -0.39 is 17.8 Å². The Balaban J connectivity index is 1.86. The van der Waals surface area contributed by atoms with Crippen LogP contribution in [0.5, 0.6) is 0 Å². The summed E-state index contributed by atoms with van der Waals surface area (Å²) in [5.41, 5.74) is 0.892. The van der Waals surface area contributed by atoms with E-state index in [0.29, 0.717) is 5.56 Å². The first kappa shape index (κ1) is 18.7. The van der Waals surface area contributed by atoms with Crippen molar-refractivity contribution in [2.45, 2.75) is 0 Å². The molecule has 1 amide bonds. The van der Waals surface area contributed by atoms with Gasteiger partial charge in [-0.3, -0.25) is 9.78 Å².